The summed E-state index contributed by atoms with van der Waals surface area (Å²) in [7, 11) is -2.39. The van der Waals surface area contributed by atoms with E-state index in [-0.39, 0.29) is 28.8 Å². The smallest absolute Gasteiger partial charge is 0.264 e. The standard InChI is InChI=1S/C25H30N4O5S/c1-3-11-26-24(30)18-27-13-15-28(16-14-27)25(31)21-17-20(8-9-23(21)34-2)35(32,33)29-12-10-19-6-4-5-7-22(19)29/h3-9,17H,1,10-16,18H2,2H3,(H,26,30). The van der Waals surface area contributed by atoms with E-state index in [1.165, 1.54) is 29.6 Å². The Bertz CT molecular complexity index is 1220. The van der Waals surface area contributed by atoms with E-state index < -0.39 is 10.0 Å². The van der Waals surface area contributed by atoms with Crippen molar-refractivity contribution in [1.29, 1.82) is 0 Å². The minimum Gasteiger partial charge on any atom is -0.496 e. The van der Waals surface area contributed by atoms with Crippen LogP contribution in [0.25, 0.3) is 0 Å². The maximum atomic E-state index is 13.5. The largest absolute Gasteiger partial charge is 0.496 e. The summed E-state index contributed by atoms with van der Waals surface area (Å²) < 4.78 is 33.7. The number of nitrogens with zero attached hydrogens (tertiary/aromatic N) is 3. The third kappa shape index (κ3) is 5.18. The summed E-state index contributed by atoms with van der Waals surface area (Å²) in [5, 5.41) is 2.75. The number of nitrogens with one attached hydrogen (secondary N) is 1. The number of ether oxygens (including phenoxy) is 1. The highest BCUT2D eigenvalue weighted by molar-refractivity contribution is 7.92. The Morgan fingerprint density at radius 2 is 1.83 bits per heavy atom. The average molecular weight is 499 g/mol. The molecule has 0 saturated carbocycles. The summed E-state index contributed by atoms with van der Waals surface area (Å²) in [4.78, 5) is 29.0. The van der Waals surface area contributed by atoms with Crippen LogP contribution in [0.5, 0.6) is 5.75 Å². The molecule has 0 aliphatic carbocycles. The number of carbonyl (C=O) groups is 2. The predicted molar refractivity (Wildman–Crippen MR) is 133 cm³/mol. The summed E-state index contributed by atoms with van der Waals surface area (Å²) in [5.41, 5.74) is 1.86. The van der Waals surface area contributed by atoms with E-state index in [1.54, 1.807) is 17.0 Å². The van der Waals surface area contributed by atoms with Gasteiger partial charge in [-0.05, 0) is 36.2 Å². The molecule has 0 spiro atoms. The van der Waals surface area contributed by atoms with Crippen molar-refractivity contribution in [3.05, 3.63) is 66.2 Å². The van der Waals surface area contributed by atoms with Gasteiger partial charge in [-0.1, -0.05) is 24.3 Å². The highest BCUT2D eigenvalue weighted by Gasteiger charge is 2.32. The number of amides is 2. The first-order chi connectivity index (χ1) is 16.8. The van der Waals surface area contributed by atoms with Crippen LogP contribution in [0.15, 0.2) is 60.0 Å². The van der Waals surface area contributed by atoms with Gasteiger partial charge in [0.15, 0.2) is 0 Å². The van der Waals surface area contributed by atoms with Crippen LogP contribution in [0, 0.1) is 0 Å². The Hall–Kier alpha value is -3.37. The summed E-state index contributed by atoms with van der Waals surface area (Å²) in [6.07, 6.45) is 2.27. The molecule has 1 N–H and O–H groups in total. The van der Waals surface area contributed by atoms with Crippen molar-refractivity contribution in [2.45, 2.75) is 11.3 Å². The molecule has 2 aromatic carbocycles. The highest BCUT2D eigenvalue weighted by atomic mass is 32.2. The molecule has 2 aliphatic rings. The molecule has 0 bridgehead atoms. The third-order valence-corrected chi connectivity index (χ3v) is 8.11. The molecule has 2 heterocycles. The minimum atomic E-state index is -3.85. The Morgan fingerprint density at radius 3 is 2.54 bits per heavy atom. The molecule has 2 aliphatic heterocycles. The van der Waals surface area contributed by atoms with Crippen molar-refractivity contribution in [1.82, 2.24) is 15.1 Å². The van der Waals surface area contributed by atoms with Crippen LogP contribution in [0.4, 0.5) is 5.69 Å². The lowest BCUT2D eigenvalue weighted by Crippen LogP contribution is -2.51. The Kier molecular flexibility index (Phi) is 7.42. The van der Waals surface area contributed by atoms with Gasteiger partial charge in [-0.15, -0.1) is 6.58 Å². The Morgan fingerprint density at radius 1 is 1.09 bits per heavy atom. The topological polar surface area (TPSA) is 99.3 Å². The van der Waals surface area contributed by atoms with E-state index in [1.807, 2.05) is 23.1 Å². The van der Waals surface area contributed by atoms with E-state index in [4.69, 9.17) is 4.74 Å². The quantitative estimate of drug-likeness (QED) is 0.554. The maximum Gasteiger partial charge on any atom is 0.264 e. The monoisotopic (exact) mass is 498 g/mol. The molecule has 4 rings (SSSR count). The van der Waals surface area contributed by atoms with E-state index in [0.717, 1.165) is 5.56 Å². The van der Waals surface area contributed by atoms with Crippen molar-refractivity contribution >= 4 is 27.5 Å². The van der Waals surface area contributed by atoms with Crippen LogP contribution in [0.2, 0.25) is 0 Å². The van der Waals surface area contributed by atoms with Crippen molar-refractivity contribution < 1.29 is 22.7 Å². The molecule has 2 aromatic rings. The van der Waals surface area contributed by atoms with Gasteiger partial charge in [-0.25, -0.2) is 8.42 Å². The molecular formula is C25H30N4O5S. The van der Waals surface area contributed by atoms with Gasteiger partial charge in [0, 0.05) is 39.3 Å². The van der Waals surface area contributed by atoms with Gasteiger partial charge >= 0.3 is 0 Å². The van der Waals surface area contributed by atoms with Crippen LogP contribution in [-0.4, -0.2) is 83.0 Å². The van der Waals surface area contributed by atoms with E-state index in [9.17, 15) is 18.0 Å². The molecule has 0 unspecified atom stereocenters. The fraction of sp³-hybridized carbons (Fsp3) is 0.360. The molecule has 1 saturated heterocycles. The van der Waals surface area contributed by atoms with Crippen molar-refractivity contribution in [2.24, 2.45) is 0 Å². The predicted octanol–water partition coefficient (Wildman–Crippen LogP) is 1.51. The molecule has 0 atom stereocenters. The van der Waals surface area contributed by atoms with Crippen molar-refractivity contribution in [3.8, 4) is 5.75 Å². The highest BCUT2D eigenvalue weighted by Crippen LogP contribution is 2.34. The van der Waals surface area contributed by atoms with Crippen LogP contribution >= 0.6 is 0 Å². The number of methoxy groups -OCH3 is 1. The van der Waals surface area contributed by atoms with Crippen molar-refractivity contribution in [2.75, 3.05) is 57.2 Å². The molecule has 186 valence electrons. The average Bonchev–Trinajstić information content (AvgIpc) is 3.32. The molecule has 10 heteroatoms. The number of para-hydroxylation sites is 1. The number of benzene rings is 2. The summed E-state index contributed by atoms with van der Waals surface area (Å²) >= 11 is 0. The number of piperazine rings is 1. The summed E-state index contributed by atoms with van der Waals surface area (Å²) in [5.74, 6) is -0.0637. The maximum absolute atomic E-state index is 13.5. The van der Waals surface area contributed by atoms with Crippen LogP contribution in [-0.2, 0) is 21.2 Å². The first kappa shape index (κ1) is 24.7. The zero-order valence-corrected chi connectivity index (χ0v) is 20.6. The number of fused-ring (bicyclic) bond motifs is 1. The van der Waals surface area contributed by atoms with E-state index in [0.29, 0.717) is 57.1 Å². The first-order valence-electron chi connectivity index (χ1n) is 11.5. The zero-order chi connectivity index (χ0) is 25.0. The third-order valence-electron chi connectivity index (χ3n) is 6.30. The number of hydrogen-bond donors (Lipinski definition) is 1. The van der Waals surface area contributed by atoms with Crippen LogP contribution < -0.4 is 14.4 Å². The second-order valence-electron chi connectivity index (χ2n) is 8.48. The number of anilines is 1. The Labute approximate surface area is 206 Å². The molecule has 0 radical (unpaired) electrons. The summed E-state index contributed by atoms with van der Waals surface area (Å²) in [6, 6.07) is 11.9. The number of sulfonamides is 1. The molecule has 0 aromatic heterocycles. The second-order valence-corrected chi connectivity index (χ2v) is 10.3. The van der Waals surface area contributed by atoms with Gasteiger partial charge in [0.05, 0.1) is 29.8 Å². The molecule has 1 fully saturated rings. The number of rotatable bonds is 8. The molecule has 35 heavy (non-hydrogen) atoms. The normalized spacial score (nSPS) is 16.0. The van der Waals surface area contributed by atoms with E-state index >= 15 is 0 Å². The first-order valence-corrected chi connectivity index (χ1v) is 13.0. The lowest BCUT2D eigenvalue weighted by Gasteiger charge is -2.34. The number of hydrogen-bond acceptors (Lipinski definition) is 6. The van der Waals surface area contributed by atoms with Gasteiger partial charge in [-0.3, -0.25) is 18.8 Å². The summed E-state index contributed by atoms with van der Waals surface area (Å²) in [6.45, 7) is 6.54. The molecule has 9 nitrogen and oxygen atoms in total. The SMILES string of the molecule is C=CCNC(=O)CN1CCN(C(=O)c2cc(S(=O)(=O)N3CCc4ccccc43)ccc2OC)CC1. The number of carbonyl (C=O) groups excluding carboxylic acids is 2. The minimum absolute atomic E-state index is 0.0517. The van der Waals surface area contributed by atoms with Crippen molar-refractivity contribution in [3.63, 3.8) is 0 Å². The van der Waals surface area contributed by atoms with Crippen LogP contribution in [0.1, 0.15) is 15.9 Å². The fourth-order valence-corrected chi connectivity index (χ4v) is 5.95. The fourth-order valence-electron chi connectivity index (χ4n) is 4.42. The van der Waals surface area contributed by atoms with Gasteiger partial charge in [-0.2, -0.15) is 0 Å². The molecule has 2 amide bonds. The lowest BCUT2D eigenvalue weighted by atomic mass is 10.1. The van der Waals surface area contributed by atoms with Gasteiger partial charge < -0.3 is 15.0 Å². The lowest BCUT2D eigenvalue weighted by molar-refractivity contribution is -0.122. The van der Waals surface area contributed by atoms with Gasteiger partial charge in [0.2, 0.25) is 5.91 Å². The second kappa shape index (κ2) is 10.5. The van der Waals surface area contributed by atoms with Crippen LogP contribution in [0.3, 0.4) is 0 Å². The Balaban J connectivity index is 1.50. The van der Waals surface area contributed by atoms with Gasteiger partial charge in [0.1, 0.15) is 5.75 Å². The molecular weight excluding hydrogens is 468 g/mol. The van der Waals surface area contributed by atoms with E-state index in [2.05, 4.69) is 11.9 Å². The zero-order valence-electron chi connectivity index (χ0n) is 19.8. The van der Waals surface area contributed by atoms with Gasteiger partial charge in [0.25, 0.3) is 15.9 Å².